The van der Waals surface area contributed by atoms with Gasteiger partial charge in [-0.3, -0.25) is 9.78 Å². The molecular formula is C17H21N5O3. The second-order valence-corrected chi connectivity index (χ2v) is 5.90. The fourth-order valence-electron chi connectivity index (χ4n) is 2.60. The van der Waals surface area contributed by atoms with Crippen molar-refractivity contribution >= 4 is 17.1 Å². The number of aromatic nitrogens is 4. The molecule has 8 heteroatoms. The third kappa shape index (κ3) is 4.23. The number of nitrogen functional groups attached to an aromatic ring is 1. The molecule has 0 spiro atoms. The second kappa shape index (κ2) is 7.91. The van der Waals surface area contributed by atoms with Crippen molar-refractivity contribution in [1.29, 1.82) is 0 Å². The number of aliphatic hydroxyl groups is 1. The van der Waals surface area contributed by atoms with Crippen molar-refractivity contribution in [3.05, 3.63) is 52.6 Å². The molecule has 0 saturated heterocycles. The van der Waals surface area contributed by atoms with Crippen LogP contribution < -0.4 is 11.3 Å². The number of aryl methyl sites for hydroxylation is 1. The van der Waals surface area contributed by atoms with Crippen LogP contribution >= 0.6 is 0 Å². The van der Waals surface area contributed by atoms with E-state index in [0.29, 0.717) is 31.8 Å². The van der Waals surface area contributed by atoms with Gasteiger partial charge in [0.25, 0.3) is 5.56 Å². The van der Waals surface area contributed by atoms with Gasteiger partial charge in [-0.05, 0) is 12.0 Å². The normalized spacial score (nSPS) is 12.5. The third-order valence-electron chi connectivity index (χ3n) is 3.99. The lowest BCUT2D eigenvalue weighted by molar-refractivity contribution is 0.0580. The van der Waals surface area contributed by atoms with Gasteiger partial charge in [-0.15, -0.1) is 0 Å². The Morgan fingerprint density at radius 3 is 2.88 bits per heavy atom. The van der Waals surface area contributed by atoms with Gasteiger partial charge in [0.15, 0.2) is 11.2 Å². The zero-order valence-electron chi connectivity index (χ0n) is 13.8. The summed E-state index contributed by atoms with van der Waals surface area (Å²) in [6, 6.07) is 9.89. The topological polar surface area (TPSA) is 119 Å². The number of benzene rings is 1. The van der Waals surface area contributed by atoms with Crippen molar-refractivity contribution in [1.82, 2.24) is 19.5 Å². The first-order valence-electron chi connectivity index (χ1n) is 8.10. The SMILES string of the molecule is Nc1nc2c(ncn2CC[C@@H](CO)COCc2ccccc2)c(=O)[nH]1. The van der Waals surface area contributed by atoms with E-state index in [9.17, 15) is 9.90 Å². The lowest BCUT2D eigenvalue weighted by Crippen LogP contribution is -2.17. The van der Waals surface area contributed by atoms with Crippen molar-refractivity contribution < 1.29 is 9.84 Å². The Morgan fingerprint density at radius 2 is 2.12 bits per heavy atom. The van der Waals surface area contributed by atoms with E-state index < -0.39 is 0 Å². The number of rotatable bonds is 8. The number of nitrogens with zero attached hydrogens (tertiary/aromatic N) is 3. The van der Waals surface area contributed by atoms with Crippen molar-refractivity contribution in [2.24, 2.45) is 5.92 Å². The molecule has 0 bridgehead atoms. The standard InChI is InChI=1S/C17H21N5O3/c18-17-20-15-14(16(24)21-17)19-11-22(15)7-6-13(8-23)10-25-9-12-4-2-1-3-5-12/h1-5,11,13,23H,6-10H2,(H3,18,20,21,24)/t13-/m0/s1. The van der Waals surface area contributed by atoms with E-state index in [2.05, 4.69) is 15.0 Å². The number of fused-ring (bicyclic) bond motifs is 1. The van der Waals surface area contributed by atoms with Crippen molar-refractivity contribution in [2.45, 2.75) is 19.6 Å². The summed E-state index contributed by atoms with van der Waals surface area (Å²) in [5.41, 5.74) is 7.04. The highest BCUT2D eigenvalue weighted by Gasteiger charge is 2.12. The first kappa shape index (κ1) is 17.1. The van der Waals surface area contributed by atoms with Gasteiger partial charge >= 0.3 is 0 Å². The quantitative estimate of drug-likeness (QED) is 0.559. The Labute approximate surface area is 144 Å². The maximum Gasteiger partial charge on any atom is 0.280 e. The minimum atomic E-state index is -0.355. The number of aromatic amines is 1. The van der Waals surface area contributed by atoms with Gasteiger partial charge in [0, 0.05) is 19.1 Å². The maximum absolute atomic E-state index is 11.8. The fourth-order valence-corrected chi connectivity index (χ4v) is 2.60. The Morgan fingerprint density at radius 1 is 1.32 bits per heavy atom. The van der Waals surface area contributed by atoms with Gasteiger partial charge < -0.3 is 20.1 Å². The Bertz CT molecular complexity index is 875. The summed E-state index contributed by atoms with van der Waals surface area (Å²) >= 11 is 0. The van der Waals surface area contributed by atoms with E-state index in [1.807, 2.05) is 30.3 Å². The number of aliphatic hydroxyl groups excluding tert-OH is 1. The number of imidazole rings is 1. The van der Waals surface area contributed by atoms with Crippen molar-refractivity contribution in [2.75, 3.05) is 18.9 Å². The number of anilines is 1. The molecule has 132 valence electrons. The van der Waals surface area contributed by atoms with Crippen LogP contribution in [0.1, 0.15) is 12.0 Å². The smallest absolute Gasteiger partial charge is 0.280 e. The predicted molar refractivity (Wildman–Crippen MR) is 93.9 cm³/mol. The molecule has 2 aromatic heterocycles. The number of hydrogen-bond acceptors (Lipinski definition) is 6. The van der Waals surface area contributed by atoms with Crippen LogP contribution in [0.2, 0.25) is 0 Å². The van der Waals surface area contributed by atoms with E-state index in [4.69, 9.17) is 10.5 Å². The summed E-state index contributed by atoms with van der Waals surface area (Å²) in [7, 11) is 0. The van der Waals surface area contributed by atoms with E-state index >= 15 is 0 Å². The number of nitrogens with two attached hydrogens (primary N) is 1. The van der Waals surface area contributed by atoms with Crippen LogP contribution in [0.25, 0.3) is 11.2 Å². The summed E-state index contributed by atoms with van der Waals surface area (Å²) in [5, 5.41) is 9.56. The van der Waals surface area contributed by atoms with E-state index in [-0.39, 0.29) is 29.5 Å². The molecule has 1 aromatic carbocycles. The van der Waals surface area contributed by atoms with Gasteiger partial charge in [0.2, 0.25) is 5.95 Å². The molecular weight excluding hydrogens is 322 g/mol. The van der Waals surface area contributed by atoms with Gasteiger partial charge in [-0.25, -0.2) is 4.98 Å². The molecule has 3 aromatic rings. The molecule has 4 N–H and O–H groups in total. The van der Waals surface area contributed by atoms with Gasteiger partial charge in [-0.1, -0.05) is 30.3 Å². The minimum Gasteiger partial charge on any atom is -0.396 e. The highest BCUT2D eigenvalue weighted by molar-refractivity contribution is 5.70. The van der Waals surface area contributed by atoms with Crippen LogP contribution in [0.4, 0.5) is 5.95 Å². The highest BCUT2D eigenvalue weighted by Crippen LogP contribution is 2.12. The van der Waals surface area contributed by atoms with E-state index in [1.165, 1.54) is 0 Å². The van der Waals surface area contributed by atoms with Crippen LogP contribution in [0.3, 0.4) is 0 Å². The van der Waals surface area contributed by atoms with Gasteiger partial charge in [0.1, 0.15) is 0 Å². The Hall–Kier alpha value is -2.71. The molecule has 0 aliphatic carbocycles. The van der Waals surface area contributed by atoms with Crippen LogP contribution in [0.15, 0.2) is 41.5 Å². The maximum atomic E-state index is 11.8. The molecule has 0 fully saturated rings. The minimum absolute atomic E-state index is 0.0134. The monoisotopic (exact) mass is 343 g/mol. The molecule has 2 heterocycles. The van der Waals surface area contributed by atoms with Crippen LogP contribution in [0.5, 0.6) is 0 Å². The molecule has 3 rings (SSSR count). The average molecular weight is 343 g/mol. The van der Waals surface area contributed by atoms with Crippen LogP contribution in [-0.4, -0.2) is 37.8 Å². The summed E-state index contributed by atoms with van der Waals surface area (Å²) in [5.74, 6) is 0.0460. The number of hydrogen-bond donors (Lipinski definition) is 3. The van der Waals surface area contributed by atoms with Crippen LogP contribution in [-0.2, 0) is 17.9 Å². The van der Waals surface area contributed by atoms with E-state index in [1.54, 1.807) is 10.9 Å². The summed E-state index contributed by atoms with van der Waals surface area (Å²) in [4.78, 5) is 22.4. The second-order valence-electron chi connectivity index (χ2n) is 5.90. The summed E-state index contributed by atoms with van der Waals surface area (Å²) < 4.78 is 7.46. The molecule has 25 heavy (non-hydrogen) atoms. The zero-order valence-corrected chi connectivity index (χ0v) is 13.8. The lowest BCUT2D eigenvalue weighted by Gasteiger charge is -2.15. The van der Waals surface area contributed by atoms with E-state index in [0.717, 1.165) is 5.56 Å². The number of H-pyrrole nitrogens is 1. The number of nitrogens with one attached hydrogen (secondary N) is 1. The molecule has 8 nitrogen and oxygen atoms in total. The average Bonchev–Trinajstić information content (AvgIpc) is 3.02. The highest BCUT2D eigenvalue weighted by atomic mass is 16.5. The lowest BCUT2D eigenvalue weighted by atomic mass is 10.1. The van der Waals surface area contributed by atoms with Gasteiger partial charge in [-0.2, -0.15) is 4.98 Å². The molecule has 0 aliphatic rings. The third-order valence-corrected chi connectivity index (χ3v) is 3.99. The first-order valence-corrected chi connectivity index (χ1v) is 8.10. The fraction of sp³-hybridized carbons (Fsp3) is 0.353. The molecule has 0 unspecified atom stereocenters. The number of ether oxygens (including phenoxy) is 1. The van der Waals surface area contributed by atoms with Crippen molar-refractivity contribution in [3.8, 4) is 0 Å². The zero-order chi connectivity index (χ0) is 17.6. The Kier molecular flexibility index (Phi) is 5.42. The molecule has 0 saturated carbocycles. The molecule has 1 atom stereocenters. The summed E-state index contributed by atoms with van der Waals surface area (Å²) in [6.07, 6.45) is 2.23. The molecule has 0 amide bonds. The van der Waals surface area contributed by atoms with Crippen molar-refractivity contribution in [3.63, 3.8) is 0 Å². The molecule has 0 radical (unpaired) electrons. The van der Waals surface area contributed by atoms with Crippen LogP contribution in [0, 0.1) is 5.92 Å². The summed E-state index contributed by atoms with van der Waals surface area (Å²) in [6.45, 7) is 1.55. The molecule has 0 aliphatic heterocycles. The van der Waals surface area contributed by atoms with Gasteiger partial charge in [0.05, 0.1) is 19.5 Å². The predicted octanol–water partition coefficient (Wildman–Crippen LogP) is 0.917. The first-order chi connectivity index (χ1) is 12.2. The Balaban J connectivity index is 1.57. The largest absolute Gasteiger partial charge is 0.396 e.